The Bertz CT molecular complexity index is 1350. The Morgan fingerprint density at radius 2 is 2.00 bits per heavy atom. The predicted molar refractivity (Wildman–Crippen MR) is 128 cm³/mol. The second kappa shape index (κ2) is 8.31. The van der Waals surface area contributed by atoms with Gasteiger partial charge in [-0.2, -0.15) is 0 Å². The smallest absolute Gasteiger partial charge is 0.247 e. The molecule has 2 aromatic heterocycles. The number of aryl methyl sites for hydroxylation is 1. The molecule has 8 heteroatoms. The van der Waals surface area contributed by atoms with Crippen LogP contribution in [-0.4, -0.2) is 44.9 Å². The van der Waals surface area contributed by atoms with Crippen molar-refractivity contribution in [3.8, 4) is 22.8 Å². The summed E-state index contributed by atoms with van der Waals surface area (Å²) >= 11 is 0. The maximum Gasteiger partial charge on any atom is 0.247 e. The summed E-state index contributed by atoms with van der Waals surface area (Å²) in [7, 11) is 0. The highest BCUT2D eigenvalue weighted by atomic mass is 16.5. The first kappa shape index (κ1) is 20.6. The number of benzene rings is 2. The molecule has 1 aliphatic heterocycles. The topological polar surface area (TPSA) is 89.0 Å². The molecule has 0 radical (unpaired) electrons. The van der Waals surface area contributed by atoms with E-state index in [9.17, 15) is 4.79 Å². The summed E-state index contributed by atoms with van der Waals surface area (Å²) in [5.74, 6) is 2.58. The number of imidazole rings is 1. The molecule has 1 fully saturated rings. The second-order valence-electron chi connectivity index (χ2n) is 7.90. The van der Waals surface area contributed by atoms with Crippen molar-refractivity contribution in [1.82, 2.24) is 19.3 Å². The monoisotopic (exact) mass is 440 g/mol. The van der Waals surface area contributed by atoms with Crippen LogP contribution in [0.1, 0.15) is 5.56 Å². The van der Waals surface area contributed by atoms with E-state index in [0.29, 0.717) is 25.6 Å². The summed E-state index contributed by atoms with van der Waals surface area (Å²) in [5, 5.41) is 0. The van der Waals surface area contributed by atoms with Gasteiger partial charge in [0.1, 0.15) is 28.5 Å². The minimum Gasteiger partial charge on any atom is -0.457 e. The number of anilines is 2. The van der Waals surface area contributed by atoms with Crippen molar-refractivity contribution in [3.63, 3.8) is 0 Å². The van der Waals surface area contributed by atoms with E-state index >= 15 is 0 Å². The van der Waals surface area contributed by atoms with Gasteiger partial charge in [-0.05, 0) is 48.9 Å². The molecule has 8 nitrogen and oxygen atoms in total. The van der Waals surface area contributed by atoms with Gasteiger partial charge in [-0.15, -0.1) is 0 Å². The van der Waals surface area contributed by atoms with Gasteiger partial charge in [0.25, 0.3) is 0 Å². The van der Waals surface area contributed by atoms with Crippen LogP contribution < -0.4 is 15.4 Å². The first-order valence-corrected chi connectivity index (χ1v) is 10.7. The molecule has 0 saturated carbocycles. The van der Waals surface area contributed by atoms with E-state index in [1.165, 1.54) is 6.08 Å². The van der Waals surface area contributed by atoms with Crippen LogP contribution in [0.4, 0.5) is 11.8 Å². The normalized spacial score (nSPS) is 13.5. The zero-order chi connectivity index (χ0) is 22.9. The summed E-state index contributed by atoms with van der Waals surface area (Å²) in [5.41, 5.74) is 9.64. The molecule has 0 aliphatic carbocycles. The molecule has 0 atom stereocenters. The number of nitrogens with two attached hydrogens (primary N) is 1. The summed E-state index contributed by atoms with van der Waals surface area (Å²) in [6.07, 6.45) is 4.83. The third-order valence-electron chi connectivity index (χ3n) is 5.73. The molecule has 1 saturated heterocycles. The molecular weight excluding hydrogens is 416 g/mol. The third-order valence-corrected chi connectivity index (χ3v) is 5.73. The summed E-state index contributed by atoms with van der Waals surface area (Å²) < 4.78 is 7.96. The van der Waals surface area contributed by atoms with E-state index in [-0.39, 0.29) is 5.91 Å². The van der Waals surface area contributed by atoms with Gasteiger partial charge >= 0.3 is 0 Å². The molecule has 166 valence electrons. The number of amides is 1. The van der Waals surface area contributed by atoms with Gasteiger partial charge in [-0.1, -0.05) is 24.8 Å². The lowest BCUT2D eigenvalue weighted by Gasteiger charge is -2.17. The number of para-hydroxylation sites is 1. The number of carbonyl (C=O) groups excluding carboxylic acids is 1. The van der Waals surface area contributed by atoms with Gasteiger partial charge < -0.3 is 20.3 Å². The van der Waals surface area contributed by atoms with Gasteiger partial charge in [-0.3, -0.25) is 9.20 Å². The Labute approximate surface area is 191 Å². The predicted octanol–water partition coefficient (Wildman–Crippen LogP) is 3.87. The van der Waals surface area contributed by atoms with Crippen molar-refractivity contribution in [1.29, 1.82) is 0 Å². The van der Waals surface area contributed by atoms with Crippen molar-refractivity contribution >= 4 is 23.2 Å². The minimum absolute atomic E-state index is 0.0932. The molecule has 0 spiro atoms. The number of ether oxygens (including phenoxy) is 1. The van der Waals surface area contributed by atoms with Crippen molar-refractivity contribution in [2.45, 2.75) is 6.92 Å². The SMILES string of the molecule is C=CC(=O)N1CCN(c2nc(-c3ccc(Oc4ccccc4)c(C)c3)c3c(N)nccn23)C1. The molecule has 1 aliphatic rings. The van der Waals surface area contributed by atoms with E-state index in [2.05, 4.69) is 16.5 Å². The fourth-order valence-electron chi connectivity index (χ4n) is 4.06. The highest BCUT2D eigenvalue weighted by Gasteiger charge is 2.27. The number of hydrogen-bond donors (Lipinski definition) is 1. The van der Waals surface area contributed by atoms with Crippen LogP contribution in [0.5, 0.6) is 11.5 Å². The van der Waals surface area contributed by atoms with Crippen LogP contribution in [0.2, 0.25) is 0 Å². The van der Waals surface area contributed by atoms with Crippen LogP contribution in [0.15, 0.2) is 73.6 Å². The van der Waals surface area contributed by atoms with Gasteiger partial charge in [0.05, 0.1) is 6.67 Å². The Balaban J connectivity index is 1.53. The minimum atomic E-state index is -0.0932. The molecule has 33 heavy (non-hydrogen) atoms. The second-order valence-corrected chi connectivity index (χ2v) is 7.90. The van der Waals surface area contributed by atoms with Crippen LogP contribution in [-0.2, 0) is 4.79 Å². The Hall–Kier alpha value is -4.33. The average Bonchev–Trinajstić information content (AvgIpc) is 3.46. The Morgan fingerprint density at radius 3 is 2.76 bits per heavy atom. The zero-order valence-electron chi connectivity index (χ0n) is 18.3. The molecular formula is C25H24N6O2. The highest BCUT2D eigenvalue weighted by Crippen LogP contribution is 2.35. The standard InChI is InChI=1S/C25H24N6O2/c1-3-21(32)29-13-14-30(16-29)25-28-22(23-24(26)27-11-12-31(23)25)18-9-10-20(17(2)15-18)33-19-7-5-4-6-8-19/h3-12,15H,1,13-14,16H2,2H3,(H2,26,27). The lowest BCUT2D eigenvalue weighted by atomic mass is 10.1. The number of fused-ring (bicyclic) bond motifs is 1. The highest BCUT2D eigenvalue weighted by molar-refractivity contribution is 5.89. The average molecular weight is 441 g/mol. The van der Waals surface area contributed by atoms with Gasteiger partial charge in [0, 0.05) is 31.0 Å². The maximum atomic E-state index is 12.0. The first-order chi connectivity index (χ1) is 16.0. The molecule has 2 N–H and O–H groups in total. The third kappa shape index (κ3) is 3.76. The van der Waals surface area contributed by atoms with Crippen molar-refractivity contribution in [3.05, 3.63) is 79.1 Å². The van der Waals surface area contributed by atoms with Crippen LogP contribution in [0.25, 0.3) is 16.8 Å². The molecule has 5 rings (SSSR count). The molecule has 3 heterocycles. The number of nitrogen functional groups attached to an aromatic ring is 1. The number of nitrogens with zero attached hydrogens (tertiary/aromatic N) is 5. The van der Waals surface area contributed by atoms with Crippen molar-refractivity contribution in [2.24, 2.45) is 0 Å². The molecule has 1 amide bonds. The van der Waals surface area contributed by atoms with Crippen LogP contribution >= 0.6 is 0 Å². The summed E-state index contributed by atoms with van der Waals surface area (Å²) in [4.78, 5) is 25.1. The maximum absolute atomic E-state index is 12.0. The van der Waals surface area contributed by atoms with Crippen molar-refractivity contribution in [2.75, 3.05) is 30.4 Å². The largest absolute Gasteiger partial charge is 0.457 e. The summed E-state index contributed by atoms with van der Waals surface area (Å²) in [6.45, 7) is 7.31. The zero-order valence-corrected chi connectivity index (χ0v) is 18.3. The van der Waals surface area contributed by atoms with Crippen molar-refractivity contribution < 1.29 is 9.53 Å². The lowest BCUT2D eigenvalue weighted by molar-refractivity contribution is -0.124. The number of carbonyl (C=O) groups is 1. The van der Waals surface area contributed by atoms with E-state index in [4.69, 9.17) is 15.5 Å². The van der Waals surface area contributed by atoms with E-state index in [1.54, 1.807) is 11.1 Å². The summed E-state index contributed by atoms with van der Waals surface area (Å²) in [6, 6.07) is 15.6. The van der Waals surface area contributed by atoms with Gasteiger partial charge in [0.15, 0.2) is 0 Å². The molecule has 4 aromatic rings. The van der Waals surface area contributed by atoms with Gasteiger partial charge in [0.2, 0.25) is 11.9 Å². The van der Waals surface area contributed by atoms with E-state index in [1.807, 2.05) is 66.1 Å². The van der Waals surface area contributed by atoms with E-state index in [0.717, 1.165) is 39.8 Å². The molecule has 0 bridgehead atoms. The van der Waals surface area contributed by atoms with Crippen LogP contribution in [0.3, 0.4) is 0 Å². The number of aromatic nitrogens is 3. The molecule has 2 aromatic carbocycles. The Kier molecular flexibility index (Phi) is 5.18. The lowest BCUT2D eigenvalue weighted by Crippen LogP contribution is -2.30. The van der Waals surface area contributed by atoms with Crippen LogP contribution in [0, 0.1) is 6.92 Å². The number of hydrogen-bond acceptors (Lipinski definition) is 6. The Morgan fingerprint density at radius 1 is 1.18 bits per heavy atom. The fourth-order valence-corrected chi connectivity index (χ4v) is 4.06. The molecule has 0 unspecified atom stereocenters. The number of rotatable bonds is 5. The van der Waals surface area contributed by atoms with E-state index < -0.39 is 0 Å². The first-order valence-electron chi connectivity index (χ1n) is 10.7. The van der Waals surface area contributed by atoms with Gasteiger partial charge in [-0.25, -0.2) is 9.97 Å². The quantitative estimate of drug-likeness (QED) is 0.474. The fraction of sp³-hybridized carbons (Fsp3) is 0.160.